The van der Waals surface area contributed by atoms with Crippen molar-refractivity contribution in [1.82, 2.24) is 0 Å². The van der Waals surface area contributed by atoms with E-state index in [0.29, 0.717) is 6.04 Å². The molecule has 0 aliphatic carbocycles. The van der Waals surface area contributed by atoms with E-state index in [-0.39, 0.29) is 6.04 Å². The summed E-state index contributed by atoms with van der Waals surface area (Å²) in [6.45, 7) is 2.08. The van der Waals surface area contributed by atoms with Gasteiger partial charge in [-0.25, -0.2) is 0 Å². The van der Waals surface area contributed by atoms with Crippen LogP contribution in [0.1, 0.15) is 13.3 Å². The lowest BCUT2D eigenvalue weighted by Gasteiger charge is -2.12. The lowest BCUT2D eigenvalue weighted by atomic mass is 10.1. The monoisotopic (exact) mass is 268 g/mol. The van der Waals surface area contributed by atoms with Crippen LogP contribution >= 0.6 is 15.9 Å². The van der Waals surface area contributed by atoms with Gasteiger partial charge in [0.15, 0.2) is 0 Å². The minimum absolute atomic E-state index is 0.102. The van der Waals surface area contributed by atoms with E-state index < -0.39 is 0 Å². The van der Waals surface area contributed by atoms with E-state index in [1.165, 1.54) is 0 Å². The van der Waals surface area contributed by atoms with Crippen LogP contribution in [0.15, 0.2) is 22.7 Å². The summed E-state index contributed by atoms with van der Waals surface area (Å²) in [7, 11) is 0. The van der Waals surface area contributed by atoms with Gasteiger partial charge in [0.2, 0.25) is 0 Å². The van der Waals surface area contributed by atoms with E-state index in [0.717, 1.165) is 28.6 Å². The van der Waals surface area contributed by atoms with Crippen molar-refractivity contribution in [3.8, 4) is 0 Å². The van der Waals surface area contributed by atoms with Gasteiger partial charge in [0, 0.05) is 10.5 Å². The molecule has 0 radical (unpaired) electrons. The highest BCUT2D eigenvalue weighted by atomic mass is 79.9. The first-order valence-electron chi connectivity index (χ1n) is 4.97. The van der Waals surface area contributed by atoms with E-state index >= 15 is 0 Å². The quantitative estimate of drug-likeness (QED) is 0.770. The van der Waals surface area contributed by atoms with E-state index in [9.17, 15) is 4.79 Å². The topological polar surface area (TPSA) is 41.1 Å². The number of anilines is 2. The molecule has 3 nitrogen and oxygen atoms in total. The number of aldehydes is 1. The summed E-state index contributed by atoms with van der Waals surface area (Å²) in [6, 6.07) is 6.15. The first-order valence-corrected chi connectivity index (χ1v) is 5.76. The third-order valence-corrected chi connectivity index (χ3v) is 2.99. The molecule has 1 heterocycles. The van der Waals surface area contributed by atoms with Crippen LogP contribution in [-0.2, 0) is 4.79 Å². The molecular weight excluding hydrogens is 256 g/mol. The molecule has 80 valence electrons. The third-order valence-electron chi connectivity index (χ3n) is 2.50. The number of benzene rings is 1. The van der Waals surface area contributed by atoms with Crippen LogP contribution < -0.4 is 10.6 Å². The molecule has 1 aliphatic heterocycles. The molecule has 0 bridgehead atoms. The van der Waals surface area contributed by atoms with Crippen LogP contribution in [-0.4, -0.2) is 18.4 Å². The molecule has 2 atom stereocenters. The van der Waals surface area contributed by atoms with E-state index in [1.54, 1.807) is 0 Å². The van der Waals surface area contributed by atoms with E-state index in [4.69, 9.17) is 0 Å². The summed E-state index contributed by atoms with van der Waals surface area (Å²) < 4.78 is 1.03. The van der Waals surface area contributed by atoms with Crippen molar-refractivity contribution in [2.24, 2.45) is 0 Å². The minimum Gasteiger partial charge on any atom is -0.381 e. The number of rotatable bonds is 1. The summed E-state index contributed by atoms with van der Waals surface area (Å²) in [5.74, 6) is 0. The summed E-state index contributed by atoms with van der Waals surface area (Å²) in [5.41, 5.74) is 2.03. The highest BCUT2D eigenvalue weighted by Gasteiger charge is 2.18. The van der Waals surface area contributed by atoms with Gasteiger partial charge < -0.3 is 15.4 Å². The lowest BCUT2D eigenvalue weighted by Crippen LogP contribution is -2.25. The fourth-order valence-electron chi connectivity index (χ4n) is 1.82. The Bertz CT molecular complexity index is 381. The van der Waals surface area contributed by atoms with Gasteiger partial charge in [0.25, 0.3) is 0 Å². The highest BCUT2D eigenvalue weighted by Crippen LogP contribution is 2.30. The first-order chi connectivity index (χ1) is 7.19. The van der Waals surface area contributed by atoms with Crippen molar-refractivity contribution in [3.63, 3.8) is 0 Å². The molecule has 0 spiro atoms. The molecular formula is C11H13BrN2O. The van der Waals surface area contributed by atoms with Crippen molar-refractivity contribution in [3.05, 3.63) is 22.7 Å². The Kier molecular flexibility index (Phi) is 2.95. The van der Waals surface area contributed by atoms with Gasteiger partial charge in [0.05, 0.1) is 17.4 Å². The van der Waals surface area contributed by atoms with Crippen molar-refractivity contribution in [1.29, 1.82) is 0 Å². The largest absolute Gasteiger partial charge is 0.381 e. The van der Waals surface area contributed by atoms with Crippen LogP contribution in [0.25, 0.3) is 0 Å². The molecule has 2 N–H and O–H groups in total. The SMILES string of the molecule is CC1CC(C=O)Nc2ccc(Br)cc2N1. The molecule has 0 saturated carbocycles. The van der Waals surface area contributed by atoms with Crippen molar-refractivity contribution in [2.45, 2.75) is 25.4 Å². The maximum absolute atomic E-state index is 10.8. The van der Waals surface area contributed by atoms with Gasteiger partial charge >= 0.3 is 0 Å². The van der Waals surface area contributed by atoms with Crippen LogP contribution in [0.3, 0.4) is 0 Å². The van der Waals surface area contributed by atoms with Gasteiger partial charge in [-0.3, -0.25) is 0 Å². The Labute approximate surface area is 97.4 Å². The maximum Gasteiger partial charge on any atom is 0.142 e. The molecule has 4 heteroatoms. The average molecular weight is 269 g/mol. The van der Waals surface area contributed by atoms with Gasteiger partial charge in [-0.15, -0.1) is 0 Å². The summed E-state index contributed by atoms with van der Waals surface area (Å²) in [5, 5.41) is 6.59. The predicted molar refractivity (Wildman–Crippen MR) is 65.3 cm³/mol. The van der Waals surface area contributed by atoms with Crippen molar-refractivity contribution < 1.29 is 4.79 Å². The molecule has 0 amide bonds. The number of hydrogen-bond donors (Lipinski definition) is 2. The Morgan fingerprint density at radius 1 is 1.40 bits per heavy atom. The molecule has 1 aliphatic rings. The molecule has 1 aromatic rings. The molecule has 2 unspecified atom stereocenters. The molecule has 15 heavy (non-hydrogen) atoms. The number of halogens is 1. The van der Waals surface area contributed by atoms with Crippen LogP contribution in [0.2, 0.25) is 0 Å². The van der Waals surface area contributed by atoms with Gasteiger partial charge in [-0.05, 0) is 31.5 Å². The van der Waals surface area contributed by atoms with Crippen molar-refractivity contribution in [2.75, 3.05) is 10.6 Å². The summed E-state index contributed by atoms with van der Waals surface area (Å²) in [4.78, 5) is 10.8. The number of carbonyl (C=O) groups excluding carboxylic acids is 1. The standard InChI is InChI=1S/C11H13BrN2O/c1-7-4-9(6-15)14-10-3-2-8(12)5-11(10)13-7/h2-3,5-7,9,13-14H,4H2,1H3. The Morgan fingerprint density at radius 2 is 2.20 bits per heavy atom. The first kappa shape index (κ1) is 10.5. The molecule has 0 fully saturated rings. The number of fused-ring (bicyclic) bond motifs is 1. The van der Waals surface area contributed by atoms with Gasteiger partial charge in [-0.1, -0.05) is 15.9 Å². The third kappa shape index (κ3) is 2.31. The van der Waals surface area contributed by atoms with E-state index in [1.807, 2.05) is 18.2 Å². The lowest BCUT2D eigenvalue weighted by molar-refractivity contribution is -0.108. The number of carbonyl (C=O) groups is 1. The highest BCUT2D eigenvalue weighted by molar-refractivity contribution is 9.10. The Balaban J connectivity index is 2.35. The zero-order chi connectivity index (χ0) is 10.8. The second kappa shape index (κ2) is 4.23. The predicted octanol–water partition coefficient (Wildman–Crippen LogP) is 2.63. The minimum atomic E-state index is -0.102. The smallest absolute Gasteiger partial charge is 0.142 e. The van der Waals surface area contributed by atoms with Gasteiger partial charge in [-0.2, -0.15) is 0 Å². The second-order valence-corrected chi connectivity index (χ2v) is 4.77. The average Bonchev–Trinajstić information content (AvgIpc) is 2.35. The number of nitrogens with one attached hydrogen (secondary N) is 2. The molecule has 0 aromatic heterocycles. The molecule has 2 rings (SSSR count). The summed E-state index contributed by atoms with van der Waals surface area (Å²) >= 11 is 3.43. The fraction of sp³-hybridized carbons (Fsp3) is 0.364. The Morgan fingerprint density at radius 3 is 2.93 bits per heavy atom. The van der Waals surface area contributed by atoms with Crippen LogP contribution in [0.4, 0.5) is 11.4 Å². The molecule has 1 aromatic carbocycles. The zero-order valence-corrected chi connectivity index (χ0v) is 10.0. The molecule has 0 saturated heterocycles. The van der Waals surface area contributed by atoms with Crippen molar-refractivity contribution >= 4 is 33.6 Å². The number of hydrogen-bond acceptors (Lipinski definition) is 3. The summed E-state index contributed by atoms with van der Waals surface area (Å²) in [6.07, 6.45) is 1.77. The van der Waals surface area contributed by atoms with Gasteiger partial charge in [0.1, 0.15) is 6.29 Å². The van der Waals surface area contributed by atoms with Crippen LogP contribution in [0.5, 0.6) is 0 Å². The van der Waals surface area contributed by atoms with Crippen LogP contribution in [0, 0.1) is 0 Å². The Hall–Kier alpha value is -1.03. The normalized spacial score (nSPS) is 24.4. The second-order valence-electron chi connectivity index (χ2n) is 3.86. The fourth-order valence-corrected chi connectivity index (χ4v) is 2.18. The maximum atomic E-state index is 10.8. The van der Waals surface area contributed by atoms with E-state index in [2.05, 4.69) is 33.5 Å². The zero-order valence-electron chi connectivity index (χ0n) is 8.46.